The number of carboxylic acids is 1. The van der Waals surface area contributed by atoms with E-state index in [0.717, 1.165) is 5.56 Å². The van der Waals surface area contributed by atoms with Gasteiger partial charge in [-0.3, -0.25) is 9.59 Å². The van der Waals surface area contributed by atoms with Crippen LogP contribution in [0.3, 0.4) is 0 Å². The van der Waals surface area contributed by atoms with Crippen LogP contribution >= 0.6 is 11.8 Å². The summed E-state index contributed by atoms with van der Waals surface area (Å²) in [6.07, 6.45) is 0.0517. The van der Waals surface area contributed by atoms with Crippen molar-refractivity contribution in [2.45, 2.75) is 11.7 Å². The van der Waals surface area contributed by atoms with Gasteiger partial charge in [-0.15, -0.1) is 11.8 Å². The summed E-state index contributed by atoms with van der Waals surface area (Å²) in [5, 5.41) is 8.39. The molecule has 1 atom stereocenters. The van der Waals surface area contributed by atoms with Gasteiger partial charge < -0.3 is 5.11 Å². The number of Topliss-reactive ketones (excluding diaryl/α,β-unsaturated/α-hetero) is 1. The third-order valence-corrected chi connectivity index (χ3v) is 4.26. The van der Waals surface area contributed by atoms with E-state index in [4.69, 9.17) is 5.11 Å². The van der Waals surface area contributed by atoms with E-state index >= 15 is 0 Å². The van der Waals surface area contributed by atoms with Crippen LogP contribution in [0, 0.1) is 0 Å². The van der Waals surface area contributed by atoms with Crippen molar-refractivity contribution in [1.29, 1.82) is 0 Å². The monoisotopic (exact) mass is 300 g/mol. The lowest BCUT2D eigenvalue weighted by Gasteiger charge is -2.15. The zero-order valence-corrected chi connectivity index (χ0v) is 12.3. The first kappa shape index (κ1) is 15.3. The van der Waals surface area contributed by atoms with Crippen molar-refractivity contribution < 1.29 is 14.7 Å². The predicted octanol–water partition coefficient (Wildman–Crippen LogP) is 3.82. The van der Waals surface area contributed by atoms with Crippen molar-refractivity contribution in [3.63, 3.8) is 0 Å². The van der Waals surface area contributed by atoms with Gasteiger partial charge in [0.25, 0.3) is 0 Å². The molecule has 0 amide bonds. The molecule has 0 spiro atoms. The van der Waals surface area contributed by atoms with Gasteiger partial charge in [0.05, 0.1) is 11.7 Å². The lowest BCUT2D eigenvalue weighted by atomic mass is 10.0. The third kappa shape index (κ3) is 4.46. The molecule has 2 rings (SSSR count). The number of carbonyl (C=O) groups excluding carboxylic acids is 1. The molecule has 0 fully saturated rings. The Balaban J connectivity index is 2.19. The smallest absolute Gasteiger partial charge is 0.304 e. The molecule has 21 heavy (non-hydrogen) atoms. The van der Waals surface area contributed by atoms with Gasteiger partial charge in [-0.2, -0.15) is 0 Å². The minimum Gasteiger partial charge on any atom is -0.481 e. The van der Waals surface area contributed by atoms with Crippen LogP contribution < -0.4 is 0 Å². The molecule has 4 heteroatoms. The standard InChI is InChI=1S/C17H16O3S/c18-15(19)11-12-21-17(14-9-5-2-6-10-14)16(20)13-7-3-1-4-8-13/h1-10,17H,11-12H2,(H,18,19)/t17-/m1/s1. The average molecular weight is 300 g/mol. The summed E-state index contributed by atoms with van der Waals surface area (Å²) in [7, 11) is 0. The first-order chi connectivity index (χ1) is 10.2. The second-order valence-corrected chi connectivity index (χ2v) is 5.75. The summed E-state index contributed by atoms with van der Waals surface area (Å²) in [6.45, 7) is 0. The fraction of sp³-hybridized carbons (Fsp3) is 0.176. The van der Waals surface area contributed by atoms with E-state index in [1.165, 1.54) is 11.8 Å². The van der Waals surface area contributed by atoms with E-state index in [1.54, 1.807) is 12.1 Å². The lowest BCUT2D eigenvalue weighted by Crippen LogP contribution is -2.11. The molecule has 0 aliphatic rings. The van der Waals surface area contributed by atoms with Crippen molar-refractivity contribution >= 4 is 23.5 Å². The van der Waals surface area contributed by atoms with Crippen LogP contribution in [0.2, 0.25) is 0 Å². The Morgan fingerprint density at radius 3 is 2.10 bits per heavy atom. The van der Waals surface area contributed by atoms with E-state index in [2.05, 4.69) is 0 Å². The quantitative estimate of drug-likeness (QED) is 0.790. The Hall–Kier alpha value is -2.07. The van der Waals surface area contributed by atoms with Crippen LogP contribution in [0.25, 0.3) is 0 Å². The molecule has 2 aromatic rings. The van der Waals surface area contributed by atoms with Gasteiger partial charge in [-0.05, 0) is 5.56 Å². The number of rotatable bonds is 7. The van der Waals surface area contributed by atoms with Crippen LogP contribution in [-0.2, 0) is 4.79 Å². The third-order valence-electron chi connectivity index (χ3n) is 3.00. The summed E-state index contributed by atoms with van der Waals surface area (Å²) in [4.78, 5) is 23.3. The molecule has 0 bridgehead atoms. The van der Waals surface area contributed by atoms with Crippen LogP contribution in [0.4, 0.5) is 0 Å². The topological polar surface area (TPSA) is 54.4 Å². The zero-order valence-electron chi connectivity index (χ0n) is 11.4. The van der Waals surface area contributed by atoms with Crippen LogP contribution in [-0.4, -0.2) is 22.6 Å². The Morgan fingerprint density at radius 2 is 1.52 bits per heavy atom. The van der Waals surface area contributed by atoms with Gasteiger partial charge in [0.2, 0.25) is 0 Å². The molecule has 0 saturated heterocycles. The van der Waals surface area contributed by atoms with Gasteiger partial charge in [0.1, 0.15) is 0 Å². The molecule has 0 radical (unpaired) electrons. The van der Waals surface area contributed by atoms with Crippen molar-refractivity contribution in [2.24, 2.45) is 0 Å². The van der Waals surface area contributed by atoms with E-state index < -0.39 is 5.97 Å². The predicted molar refractivity (Wildman–Crippen MR) is 84.7 cm³/mol. The number of carboxylic acid groups (broad SMARTS) is 1. The second-order valence-electron chi connectivity index (χ2n) is 4.54. The molecular formula is C17H16O3S. The highest BCUT2D eigenvalue weighted by molar-refractivity contribution is 8.00. The van der Waals surface area contributed by atoms with Crippen molar-refractivity contribution in [3.8, 4) is 0 Å². The zero-order chi connectivity index (χ0) is 15.1. The number of benzene rings is 2. The number of hydrogen-bond donors (Lipinski definition) is 1. The van der Waals surface area contributed by atoms with Crippen molar-refractivity contribution in [3.05, 3.63) is 71.8 Å². The summed E-state index contributed by atoms with van der Waals surface area (Å²) in [6, 6.07) is 18.6. The van der Waals surface area contributed by atoms with Crippen LogP contribution in [0.15, 0.2) is 60.7 Å². The molecule has 0 aromatic heterocycles. The fourth-order valence-corrected chi connectivity index (χ4v) is 3.13. The molecule has 2 aromatic carbocycles. The van der Waals surface area contributed by atoms with Gasteiger partial charge in [-0.1, -0.05) is 60.7 Å². The number of ketones is 1. The summed E-state index contributed by atoms with van der Waals surface area (Å²) >= 11 is 1.38. The van der Waals surface area contributed by atoms with Crippen LogP contribution in [0.1, 0.15) is 27.6 Å². The molecule has 0 aliphatic heterocycles. The Labute approximate surface area is 128 Å². The van der Waals surface area contributed by atoms with Gasteiger partial charge >= 0.3 is 5.97 Å². The second kappa shape index (κ2) is 7.64. The normalized spacial score (nSPS) is 11.8. The summed E-state index contributed by atoms with van der Waals surface area (Å²) < 4.78 is 0. The van der Waals surface area contributed by atoms with Gasteiger partial charge in [0, 0.05) is 11.3 Å². The Kier molecular flexibility index (Phi) is 5.58. The van der Waals surface area contributed by atoms with Gasteiger partial charge in [-0.25, -0.2) is 0 Å². The molecule has 0 unspecified atom stereocenters. The molecule has 1 N–H and O–H groups in total. The van der Waals surface area contributed by atoms with E-state index in [0.29, 0.717) is 11.3 Å². The molecule has 0 aliphatic carbocycles. The highest BCUT2D eigenvalue weighted by Gasteiger charge is 2.22. The summed E-state index contributed by atoms with van der Waals surface area (Å²) in [5.74, 6) is -0.424. The van der Waals surface area contributed by atoms with E-state index in [-0.39, 0.29) is 17.5 Å². The number of aliphatic carboxylic acids is 1. The van der Waals surface area contributed by atoms with Crippen molar-refractivity contribution in [1.82, 2.24) is 0 Å². The molecule has 0 heterocycles. The number of thioether (sulfide) groups is 1. The fourth-order valence-electron chi connectivity index (χ4n) is 1.97. The minimum atomic E-state index is -0.846. The van der Waals surface area contributed by atoms with E-state index in [9.17, 15) is 9.59 Å². The SMILES string of the molecule is O=C(O)CCS[C@@H](C(=O)c1ccccc1)c1ccccc1. The molecule has 108 valence electrons. The first-order valence-corrected chi connectivity index (χ1v) is 7.71. The minimum absolute atomic E-state index is 0.0113. The maximum atomic E-state index is 12.7. The first-order valence-electron chi connectivity index (χ1n) is 6.66. The maximum Gasteiger partial charge on any atom is 0.304 e. The largest absolute Gasteiger partial charge is 0.481 e. The van der Waals surface area contributed by atoms with Crippen molar-refractivity contribution in [2.75, 3.05) is 5.75 Å². The Morgan fingerprint density at radius 1 is 0.952 bits per heavy atom. The lowest BCUT2D eigenvalue weighted by molar-refractivity contribution is -0.136. The maximum absolute atomic E-state index is 12.7. The molecular weight excluding hydrogens is 284 g/mol. The number of carbonyl (C=O) groups is 2. The molecule has 3 nitrogen and oxygen atoms in total. The van der Waals surface area contributed by atoms with Crippen LogP contribution in [0.5, 0.6) is 0 Å². The number of hydrogen-bond acceptors (Lipinski definition) is 3. The summed E-state index contributed by atoms with van der Waals surface area (Å²) in [5.41, 5.74) is 1.55. The van der Waals surface area contributed by atoms with E-state index in [1.807, 2.05) is 48.5 Å². The average Bonchev–Trinajstić information content (AvgIpc) is 2.52. The highest BCUT2D eigenvalue weighted by atomic mass is 32.2. The Bertz CT molecular complexity index is 596. The van der Waals surface area contributed by atoms with Gasteiger partial charge in [0.15, 0.2) is 5.78 Å². The molecule has 0 saturated carbocycles. The highest BCUT2D eigenvalue weighted by Crippen LogP contribution is 2.32.